The van der Waals surface area contributed by atoms with Crippen molar-refractivity contribution in [2.45, 2.75) is 71.1 Å². The number of ether oxygens (including phenoxy) is 1. The number of nitrogens with zero attached hydrogens (tertiary/aromatic N) is 1. The molecule has 32 heavy (non-hydrogen) atoms. The van der Waals surface area contributed by atoms with Gasteiger partial charge < -0.3 is 25.0 Å². The van der Waals surface area contributed by atoms with Crippen molar-refractivity contribution in [1.29, 1.82) is 0 Å². The van der Waals surface area contributed by atoms with E-state index in [9.17, 15) is 19.5 Å². The Morgan fingerprint density at radius 1 is 1.28 bits per heavy atom. The van der Waals surface area contributed by atoms with Gasteiger partial charge in [-0.2, -0.15) is 0 Å². The third-order valence-electron chi connectivity index (χ3n) is 5.71. The molecule has 2 amide bonds. The molecule has 2 heterocycles. The first-order valence-electron chi connectivity index (χ1n) is 11.0. The zero-order valence-corrected chi connectivity index (χ0v) is 19.4. The summed E-state index contributed by atoms with van der Waals surface area (Å²) >= 11 is 0. The van der Waals surface area contributed by atoms with Gasteiger partial charge in [-0.15, -0.1) is 0 Å². The van der Waals surface area contributed by atoms with Gasteiger partial charge in [-0.3, -0.25) is 4.79 Å². The van der Waals surface area contributed by atoms with E-state index in [2.05, 4.69) is 10.3 Å². The zero-order chi connectivity index (χ0) is 23.7. The number of H-pyrrole nitrogens is 1. The number of benzene rings is 1. The highest BCUT2D eigenvalue weighted by Crippen LogP contribution is 2.33. The summed E-state index contributed by atoms with van der Waals surface area (Å²) in [5.41, 5.74) is -0.199. The number of rotatable bonds is 7. The molecule has 174 valence electrons. The number of hydrogen-bond acceptors (Lipinski definition) is 4. The van der Waals surface area contributed by atoms with Crippen molar-refractivity contribution in [3.8, 4) is 0 Å². The Balaban J connectivity index is 1.96. The van der Waals surface area contributed by atoms with E-state index < -0.39 is 29.2 Å². The molecule has 3 N–H and O–H groups in total. The van der Waals surface area contributed by atoms with Gasteiger partial charge in [0, 0.05) is 30.1 Å². The molecular formula is C24H33N3O5. The summed E-state index contributed by atoms with van der Waals surface area (Å²) in [7, 11) is 0. The van der Waals surface area contributed by atoms with Crippen LogP contribution in [0.3, 0.4) is 0 Å². The topological polar surface area (TPSA) is 112 Å². The minimum atomic E-state index is -1.28. The van der Waals surface area contributed by atoms with Crippen LogP contribution < -0.4 is 5.32 Å². The fourth-order valence-corrected chi connectivity index (χ4v) is 4.33. The van der Waals surface area contributed by atoms with Crippen LogP contribution in [0.5, 0.6) is 0 Å². The molecule has 0 radical (unpaired) electrons. The van der Waals surface area contributed by atoms with Crippen molar-refractivity contribution in [3.05, 3.63) is 36.0 Å². The molecule has 0 saturated carbocycles. The summed E-state index contributed by atoms with van der Waals surface area (Å²) in [6.07, 6.45) is 2.02. The Labute approximate surface area is 188 Å². The van der Waals surface area contributed by atoms with Crippen LogP contribution in [0, 0.1) is 5.92 Å². The van der Waals surface area contributed by atoms with E-state index in [4.69, 9.17) is 4.74 Å². The molecule has 0 bridgehead atoms. The monoisotopic (exact) mass is 443 g/mol. The molecule has 2 aromatic rings. The van der Waals surface area contributed by atoms with E-state index in [1.54, 1.807) is 20.8 Å². The van der Waals surface area contributed by atoms with Gasteiger partial charge >= 0.3 is 12.1 Å². The summed E-state index contributed by atoms with van der Waals surface area (Å²) in [6.45, 7) is 9.37. The molecule has 0 aliphatic carbocycles. The van der Waals surface area contributed by atoms with E-state index >= 15 is 0 Å². The van der Waals surface area contributed by atoms with E-state index in [0.717, 1.165) is 16.5 Å². The van der Waals surface area contributed by atoms with Crippen molar-refractivity contribution in [3.63, 3.8) is 0 Å². The second-order valence-corrected chi connectivity index (χ2v) is 9.98. The number of carbonyl (C=O) groups excluding carboxylic acids is 2. The van der Waals surface area contributed by atoms with Gasteiger partial charge in [0.05, 0.1) is 0 Å². The molecular weight excluding hydrogens is 410 g/mol. The van der Waals surface area contributed by atoms with Crippen LogP contribution in [-0.2, 0) is 20.7 Å². The average Bonchev–Trinajstić information content (AvgIpc) is 3.20. The number of likely N-dealkylation sites (tertiary alicyclic amines) is 1. The number of carboxylic acids is 1. The van der Waals surface area contributed by atoms with Gasteiger partial charge in [-0.05, 0) is 51.2 Å². The number of aromatic amines is 1. The highest BCUT2D eigenvalue weighted by atomic mass is 16.6. The van der Waals surface area contributed by atoms with E-state index in [-0.39, 0.29) is 24.8 Å². The first-order chi connectivity index (χ1) is 14.9. The van der Waals surface area contributed by atoms with Crippen molar-refractivity contribution in [2.75, 3.05) is 6.54 Å². The van der Waals surface area contributed by atoms with Gasteiger partial charge in [0.1, 0.15) is 17.2 Å². The summed E-state index contributed by atoms with van der Waals surface area (Å²) in [6, 6.07) is 6.80. The molecule has 1 aromatic carbocycles. The standard InChI is InChI=1S/C24H33N3O5/c1-15(2)12-19(20(28)29)27-11-10-24(21(27)30,26-22(31)32-23(3,4)5)13-16-14-25-18-9-7-6-8-17(16)18/h6-9,14-15,19,25H,10-13H2,1-5H3,(H,26,31)(H,28,29)/t19-,24?/m0/s1. The van der Waals surface area contributed by atoms with Crippen LogP contribution >= 0.6 is 0 Å². The van der Waals surface area contributed by atoms with Crippen molar-refractivity contribution < 1.29 is 24.2 Å². The predicted octanol–water partition coefficient (Wildman–Crippen LogP) is 3.71. The lowest BCUT2D eigenvalue weighted by molar-refractivity contribution is -0.150. The van der Waals surface area contributed by atoms with Crippen LogP contribution in [-0.4, -0.2) is 56.7 Å². The summed E-state index contributed by atoms with van der Waals surface area (Å²) < 4.78 is 5.44. The van der Waals surface area contributed by atoms with Crippen LogP contribution in [0.2, 0.25) is 0 Å². The fraction of sp³-hybridized carbons (Fsp3) is 0.542. The van der Waals surface area contributed by atoms with Crippen molar-refractivity contribution in [1.82, 2.24) is 15.2 Å². The minimum absolute atomic E-state index is 0.103. The van der Waals surface area contributed by atoms with Crippen molar-refractivity contribution >= 4 is 28.9 Å². The molecule has 2 atom stereocenters. The number of fused-ring (bicyclic) bond motifs is 1. The third kappa shape index (κ3) is 5.06. The molecule has 1 aliphatic rings. The number of aliphatic carboxylic acids is 1. The first kappa shape index (κ1) is 23.6. The SMILES string of the molecule is CC(C)C[C@@H](C(=O)O)N1CCC(Cc2c[nH]c3ccccc23)(NC(=O)OC(C)(C)C)C1=O. The van der Waals surface area contributed by atoms with Crippen LogP contribution in [0.1, 0.15) is 53.0 Å². The Morgan fingerprint density at radius 2 is 1.97 bits per heavy atom. The average molecular weight is 444 g/mol. The number of nitrogens with one attached hydrogen (secondary N) is 2. The number of hydrogen-bond donors (Lipinski definition) is 3. The summed E-state index contributed by atoms with van der Waals surface area (Å²) in [5.74, 6) is -1.32. The normalized spacial score (nSPS) is 20.1. The highest BCUT2D eigenvalue weighted by Gasteiger charge is 2.51. The predicted molar refractivity (Wildman–Crippen MR) is 121 cm³/mol. The highest BCUT2D eigenvalue weighted by molar-refractivity contribution is 5.96. The van der Waals surface area contributed by atoms with Gasteiger partial charge in [0.25, 0.3) is 0 Å². The van der Waals surface area contributed by atoms with E-state index in [0.29, 0.717) is 12.8 Å². The number of amides is 2. The maximum atomic E-state index is 13.7. The number of aromatic nitrogens is 1. The Hall–Kier alpha value is -3.03. The Morgan fingerprint density at radius 3 is 2.59 bits per heavy atom. The van der Waals surface area contributed by atoms with Gasteiger partial charge in [0.2, 0.25) is 5.91 Å². The first-order valence-corrected chi connectivity index (χ1v) is 11.0. The number of carboxylic acid groups (broad SMARTS) is 1. The second kappa shape index (κ2) is 8.84. The van der Waals surface area contributed by atoms with Crippen LogP contribution in [0.15, 0.2) is 30.5 Å². The lowest BCUT2D eigenvalue weighted by Gasteiger charge is -2.32. The lowest BCUT2D eigenvalue weighted by Crippen LogP contribution is -2.58. The Kier molecular flexibility index (Phi) is 6.53. The number of alkyl carbamates (subject to hydrolysis) is 1. The third-order valence-corrected chi connectivity index (χ3v) is 5.71. The summed E-state index contributed by atoms with van der Waals surface area (Å²) in [5, 5.41) is 13.6. The maximum absolute atomic E-state index is 13.7. The largest absolute Gasteiger partial charge is 0.480 e. The van der Waals surface area contributed by atoms with Crippen LogP contribution in [0.4, 0.5) is 4.79 Å². The van der Waals surface area contributed by atoms with Gasteiger partial charge in [-0.1, -0.05) is 32.0 Å². The molecule has 3 rings (SSSR count). The van der Waals surface area contributed by atoms with Gasteiger partial charge in [0.15, 0.2) is 0 Å². The van der Waals surface area contributed by atoms with Crippen LogP contribution in [0.25, 0.3) is 10.9 Å². The molecule has 1 aromatic heterocycles. The Bertz CT molecular complexity index is 1010. The molecule has 8 heteroatoms. The fourth-order valence-electron chi connectivity index (χ4n) is 4.33. The molecule has 8 nitrogen and oxygen atoms in total. The maximum Gasteiger partial charge on any atom is 0.408 e. The number of para-hydroxylation sites is 1. The van der Waals surface area contributed by atoms with E-state index in [1.807, 2.05) is 44.3 Å². The van der Waals surface area contributed by atoms with Gasteiger partial charge in [-0.25, -0.2) is 9.59 Å². The van der Waals surface area contributed by atoms with E-state index in [1.165, 1.54) is 4.90 Å². The number of carbonyl (C=O) groups is 3. The lowest BCUT2D eigenvalue weighted by atomic mass is 9.89. The quantitative estimate of drug-likeness (QED) is 0.604. The molecule has 0 spiro atoms. The zero-order valence-electron chi connectivity index (χ0n) is 19.4. The second-order valence-electron chi connectivity index (χ2n) is 9.98. The molecule has 1 unspecified atom stereocenters. The van der Waals surface area contributed by atoms with Crippen molar-refractivity contribution in [2.24, 2.45) is 5.92 Å². The molecule has 1 saturated heterocycles. The minimum Gasteiger partial charge on any atom is -0.480 e. The summed E-state index contributed by atoms with van der Waals surface area (Å²) in [4.78, 5) is 43.0. The molecule has 1 aliphatic heterocycles. The smallest absolute Gasteiger partial charge is 0.408 e. The molecule has 1 fully saturated rings.